The van der Waals surface area contributed by atoms with Gasteiger partial charge in [-0.2, -0.15) is 0 Å². The Hall–Kier alpha value is -2.16. The molecular weight excluding hydrogens is 276 g/mol. The average Bonchev–Trinajstić information content (AvgIpc) is 2.43. The summed E-state index contributed by atoms with van der Waals surface area (Å²) in [5, 5.41) is 10.8. The molecule has 0 saturated carbocycles. The standard InChI is InChI=1S/C10H10N2O6S/c1-17-8(13)5-19-9-7(12(15)16)4-3-6(11-9)10(14)18-2/h3-4H,5H2,1-2H3. The van der Waals surface area contributed by atoms with Crippen molar-refractivity contribution in [2.24, 2.45) is 0 Å². The van der Waals surface area contributed by atoms with Crippen LogP contribution in [-0.2, 0) is 14.3 Å². The molecule has 0 aromatic carbocycles. The zero-order valence-electron chi connectivity index (χ0n) is 10.1. The molecule has 0 bridgehead atoms. The van der Waals surface area contributed by atoms with E-state index in [0.717, 1.165) is 17.8 Å². The molecule has 19 heavy (non-hydrogen) atoms. The number of nitrogens with zero attached hydrogens (tertiary/aromatic N) is 2. The molecule has 0 aliphatic rings. The molecule has 0 radical (unpaired) electrons. The number of rotatable bonds is 5. The van der Waals surface area contributed by atoms with E-state index in [1.165, 1.54) is 20.3 Å². The summed E-state index contributed by atoms with van der Waals surface area (Å²) in [6.07, 6.45) is 0. The predicted molar refractivity (Wildman–Crippen MR) is 65.0 cm³/mol. The summed E-state index contributed by atoms with van der Waals surface area (Å²) in [5.74, 6) is -1.41. The largest absolute Gasteiger partial charge is 0.468 e. The molecule has 0 atom stereocenters. The smallest absolute Gasteiger partial charge is 0.356 e. The van der Waals surface area contributed by atoms with Crippen molar-refractivity contribution in [2.45, 2.75) is 5.03 Å². The third-order valence-electron chi connectivity index (χ3n) is 1.99. The van der Waals surface area contributed by atoms with Gasteiger partial charge in [-0.1, -0.05) is 11.8 Å². The van der Waals surface area contributed by atoms with E-state index < -0.39 is 16.9 Å². The van der Waals surface area contributed by atoms with Crippen molar-refractivity contribution in [1.82, 2.24) is 4.98 Å². The van der Waals surface area contributed by atoms with Gasteiger partial charge in [-0.05, 0) is 6.07 Å². The maximum atomic E-state index is 11.3. The Kier molecular flexibility index (Phi) is 5.24. The molecular formula is C10H10N2O6S. The SMILES string of the molecule is COC(=O)CSc1nc(C(=O)OC)ccc1[N+](=O)[O-]. The van der Waals surface area contributed by atoms with E-state index in [9.17, 15) is 19.7 Å². The lowest BCUT2D eigenvalue weighted by molar-refractivity contribution is -0.388. The number of carbonyl (C=O) groups is 2. The van der Waals surface area contributed by atoms with Crippen molar-refractivity contribution in [2.75, 3.05) is 20.0 Å². The highest BCUT2D eigenvalue weighted by molar-refractivity contribution is 8.00. The summed E-state index contributed by atoms with van der Waals surface area (Å²) >= 11 is 0.815. The number of thioether (sulfide) groups is 1. The fraction of sp³-hybridized carbons (Fsp3) is 0.300. The normalized spacial score (nSPS) is 9.79. The topological polar surface area (TPSA) is 109 Å². The van der Waals surface area contributed by atoms with Gasteiger partial charge < -0.3 is 9.47 Å². The van der Waals surface area contributed by atoms with Crippen LogP contribution in [0.25, 0.3) is 0 Å². The van der Waals surface area contributed by atoms with Crippen molar-refractivity contribution < 1.29 is 24.0 Å². The van der Waals surface area contributed by atoms with Crippen molar-refractivity contribution in [1.29, 1.82) is 0 Å². The van der Waals surface area contributed by atoms with E-state index in [0.29, 0.717) is 0 Å². The molecule has 1 heterocycles. The lowest BCUT2D eigenvalue weighted by Crippen LogP contribution is -2.08. The Labute approximate surface area is 112 Å². The molecule has 0 fully saturated rings. The number of methoxy groups -OCH3 is 2. The molecule has 0 spiro atoms. The van der Waals surface area contributed by atoms with Crippen LogP contribution in [0, 0.1) is 10.1 Å². The monoisotopic (exact) mass is 286 g/mol. The summed E-state index contributed by atoms with van der Waals surface area (Å²) in [7, 11) is 2.38. The molecule has 1 aromatic rings. The van der Waals surface area contributed by atoms with Crippen molar-refractivity contribution >= 4 is 29.4 Å². The van der Waals surface area contributed by atoms with Crippen molar-refractivity contribution in [3.63, 3.8) is 0 Å². The third kappa shape index (κ3) is 3.91. The number of esters is 2. The van der Waals surface area contributed by atoms with E-state index in [-0.39, 0.29) is 22.2 Å². The first-order valence-electron chi connectivity index (χ1n) is 4.93. The molecule has 1 aromatic heterocycles. The van der Waals surface area contributed by atoms with Crippen molar-refractivity contribution in [3.8, 4) is 0 Å². The van der Waals surface area contributed by atoms with Crippen LogP contribution in [0.4, 0.5) is 5.69 Å². The number of nitro groups is 1. The van der Waals surface area contributed by atoms with E-state index in [1.54, 1.807) is 0 Å². The van der Waals surface area contributed by atoms with E-state index in [1.807, 2.05) is 0 Å². The predicted octanol–water partition coefficient (Wildman–Crippen LogP) is 1.04. The molecule has 0 N–H and O–H groups in total. The van der Waals surface area contributed by atoms with Crippen LogP contribution < -0.4 is 0 Å². The molecule has 1 rings (SSSR count). The first-order chi connectivity index (χ1) is 8.99. The molecule has 0 amide bonds. The Balaban J connectivity index is 3.05. The van der Waals surface area contributed by atoms with Crippen LogP contribution in [0.3, 0.4) is 0 Å². The van der Waals surface area contributed by atoms with Crippen LogP contribution in [0.5, 0.6) is 0 Å². The first kappa shape index (κ1) is 14.9. The lowest BCUT2D eigenvalue weighted by Gasteiger charge is -2.03. The summed E-state index contributed by atoms with van der Waals surface area (Å²) in [4.78, 5) is 36.3. The van der Waals surface area contributed by atoms with Gasteiger partial charge in [0.05, 0.1) is 24.9 Å². The number of aromatic nitrogens is 1. The molecule has 9 heteroatoms. The second kappa shape index (κ2) is 6.69. The highest BCUT2D eigenvalue weighted by Gasteiger charge is 2.20. The fourth-order valence-electron chi connectivity index (χ4n) is 1.08. The van der Waals surface area contributed by atoms with Gasteiger partial charge in [0.15, 0.2) is 5.03 Å². The minimum atomic E-state index is -0.713. The summed E-state index contributed by atoms with van der Waals surface area (Å²) in [5.41, 5.74) is -0.359. The second-order valence-corrected chi connectivity index (χ2v) is 4.10. The second-order valence-electron chi connectivity index (χ2n) is 3.13. The van der Waals surface area contributed by atoms with E-state index in [2.05, 4.69) is 14.5 Å². The van der Waals surface area contributed by atoms with Gasteiger partial charge in [0.1, 0.15) is 5.69 Å². The highest BCUT2D eigenvalue weighted by Crippen LogP contribution is 2.27. The van der Waals surface area contributed by atoms with Gasteiger partial charge in [-0.15, -0.1) is 0 Å². The third-order valence-corrected chi connectivity index (χ3v) is 2.94. The quantitative estimate of drug-likeness (QED) is 0.342. The zero-order chi connectivity index (χ0) is 14.4. The molecule has 8 nitrogen and oxygen atoms in total. The van der Waals surface area contributed by atoms with Crippen LogP contribution in [0.2, 0.25) is 0 Å². The van der Waals surface area contributed by atoms with Gasteiger partial charge in [0.25, 0.3) is 0 Å². The van der Waals surface area contributed by atoms with Crippen LogP contribution in [-0.4, -0.2) is 41.8 Å². The van der Waals surface area contributed by atoms with Crippen LogP contribution >= 0.6 is 11.8 Å². The van der Waals surface area contributed by atoms with E-state index in [4.69, 9.17) is 0 Å². The highest BCUT2D eigenvalue weighted by atomic mass is 32.2. The minimum absolute atomic E-state index is 0.0432. The number of pyridine rings is 1. The fourth-order valence-corrected chi connectivity index (χ4v) is 1.91. The number of hydrogen-bond donors (Lipinski definition) is 0. The Morgan fingerprint density at radius 3 is 2.58 bits per heavy atom. The van der Waals surface area contributed by atoms with Gasteiger partial charge in [0, 0.05) is 6.07 Å². The summed E-state index contributed by atoms with van der Waals surface area (Å²) in [6.45, 7) is 0. The lowest BCUT2D eigenvalue weighted by atomic mass is 10.3. The molecule has 0 aliphatic heterocycles. The number of ether oxygens (including phenoxy) is 2. The maximum absolute atomic E-state index is 11.3. The number of carbonyl (C=O) groups excluding carboxylic acids is 2. The average molecular weight is 286 g/mol. The molecule has 0 saturated heterocycles. The first-order valence-corrected chi connectivity index (χ1v) is 5.91. The van der Waals surface area contributed by atoms with E-state index >= 15 is 0 Å². The Bertz CT molecular complexity index is 519. The van der Waals surface area contributed by atoms with Gasteiger partial charge in [-0.25, -0.2) is 9.78 Å². The minimum Gasteiger partial charge on any atom is -0.468 e. The summed E-state index contributed by atoms with van der Waals surface area (Å²) < 4.78 is 8.89. The van der Waals surface area contributed by atoms with Crippen LogP contribution in [0.15, 0.2) is 17.2 Å². The molecule has 0 aliphatic carbocycles. The maximum Gasteiger partial charge on any atom is 0.356 e. The molecule has 102 valence electrons. The van der Waals surface area contributed by atoms with Crippen molar-refractivity contribution in [3.05, 3.63) is 27.9 Å². The number of hydrogen-bond acceptors (Lipinski definition) is 8. The van der Waals surface area contributed by atoms with Gasteiger partial charge >= 0.3 is 17.6 Å². The Morgan fingerprint density at radius 1 is 1.37 bits per heavy atom. The zero-order valence-corrected chi connectivity index (χ0v) is 10.9. The Morgan fingerprint density at radius 2 is 2.05 bits per heavy atom. The van der Waals surface area contributed by atoms with Gasteiger partial charge in [-0.3, -0.25) is 14.9 Å². The summed E-state index contributed by atoms with van der Waals surface area (Å²) in [6, 6.07) is 2.32. The van der Waals surface area contributed by atoms with Crippen LogP contribution in [0.1, 0.15) is 10.5 Å². The molecule has 0 unspecified atom stereocenters. The van der Waals surface area contributed by atoms with Gasteiger partial charge in [0.2, 0.25) is 0 Å².